The maximum absolute atomic E-state index is 12.0. The second-order valence-corrected chi connectivity index (χ2v) is 13.6. The normalized spacial score (nSPS) is 12.8. The summed E-state index contributed by atoms with van der Waals surface area (Å²) in [6.07, 6.45) is 1.88. The summed E-state index contributed by atoms with van der Waals surface area (Å²) in [7, 11) is 0. The Labute approximate surface area is 324 Å². The van der Waals surface area contributed by atoms with Crippen LogP contribution >= 0.6 is 0 Å². The van der Waals surface area contributed by atoms with Crippen LogP contribution < -0.4 is 9.80 Å². The van der Waals surface area contributed by atoms with Gasteiger partial charge in [0.05, 0.1) is 5.69 Å². The molecule has 1 aliphatic heterocycles. The van der Waals surface area contributed by atoms with Crippen LogP contribution in [0.15, 0.2) is 170 Å². The van der Waals surface area contributed by atoms with Gasteiger partial charge in [-0.25, -0.2) is 4.98 Å². The van der Waals surface area contributed by atoms with Crippen molar-refractivity contribution < 1.29 is 26.2 Å². The molecule has 2 aromatic heterocycles. The number of hydrogen-bond donors (Lipinski definition) is 1. The van der Waals surface area contributed by atoms with Crippen LogP contribution in [-0.4, -0.2) is 15.1 Å². The van der Waals surface area contributed by atoms with Crippen molar-refractivity contribution in [2.45, 2.75) is 19.3 Å². The molecule has 0 bridgehead atoms. The van der Waals surface area contributed by atoms with E-state index in [4.69, 9.17) is 9.97 Å². The number of aromatic nitrogens is 2. The number of pyridine rings is 2. The van der Waals surface area contributed by atoms with Crippen molar-refractivity contribution in [3.63, 3.8) is 0 Å². The third-order valence-electron chi connectivity index (χ3n) is 10.1. The zero-order valence-electron chi connectivity index (χ0n) is 29.2. The van der Waals surface area contributed by atoms with Gasteiger partial charge < -0.3 is 14.9 Å². The molecule has 0 unspecified atom stereocenters. The number of rotatable bonds is 6. The van der Waals surface area contributed by atoms with E-state index in [1.54, 1.807) is 0 Å². The fourth-order valence-corrected chi connectivity index (χ4v) is 7.44. The molecule has 1 aliphatic rings. The zero-order valence-corrected chi connectivity index (χ0v) is 31.5. The molecule has 260 valence electrons. The van der Waals surface area contributed by atoms with E-state index in [2.05, 4.69) is 103 Å². The first-order valence-corrected chi connectivity index (χ1v) is 17.5. The van der Waals surface area contributed by atoms with Crippen LogP contribution in [0.3, 0.4) is 0 Å². The number of phenolic OH excluding ortho intramolecular Hbond substituents is 1. The Kier molecular flexibility index (Phi) is 8.90. The minimum atomic E-state index is -0.281. The molecule has 0 aliphatic carbocycles. The summed E-state index contributed by atoms with van der Waals surface area (Å²) in [6.45, 7) is 4.53. The molecule has 6 aromatic carbocycles. The van der Waals surface area contributed by atoms with Crippen molar-refractivity contribution in [3.05, 3.63) is 187 Å². The smallest absolute Gasteiger partial charge is 0.165 e. The third-order valence-corrected chi connectivity index (χ3v) is 10.1. The molecule has 6 heteroatoms. The monoisotopic (exact) mass is 866 g/mol. The van der Waals surface area contributed by atoms with Crippen LogP contribution in [0.2, 0.25) is 0 Å². The summed E-state index contributed by atoms with van der Waals surface area (Å²) in [5, 5.41) is 12.8. The number of aromatic hydroxyl groups is 1. The number of nitrogens with zero attached hydrogens (tertiary/aromatic N) is 4. The standard InChI is InChI=1S/C47H35N4O.Pt/c1-47(2)38-20-12-13-21-41(38)51(44-31-34(28-29-48-44)32-14-6-3-7-15-32)43-30-35(22-25-39(43)47)40-26-23-33-24-27-42(46(52)45(33)49-40)50(36-16-8-4-9-17-36)37-18-10-5-11-19-37;/h3-29,31,52H,1-2H3;/q-1;. The molecule has 0 amide bonds. The second kappa shape index (κ2) is 13.8. The second-order valence-electron chi connectivity index (χ2n) is 13.6. The van der Waals surface area contributed by atoms with Gasteiger partial charge >= 0.3 is 0 Å². The fraction of sp³-hybridized carbons (Fsp3) is 0.0638. The van der Waals surface area contributed by atoms with Crippen molar-refractivity contribution in [1.82, 2.24) is 9.97 Å². The quantitative estimate of drug-likeness (QED) is 0.169. The zero-order chi connectivity index (χ0) is 35.2. The minimum Gasteiger partial charge on any atom is -0.504 e. The molecular formula is C47H35N4OPt-. The Bertz CT molecular complexity index is 2540. The van der Waals surface area contributed by atoms with Gasteiger partial charge in [-0.15, -0.1) is 23.8 Å². The van der Waals surface area contributed by atoms with E-state index >= 15 is 0 Å². The molecule has 0 fully saturated rings. The third kappa shape index (κ3) is 5.97. The molecule has 0 spiro atoms. The predicted molar refractivity (Wildman–Crippen MR) is 212 cm³/mol. The molecule has 53 heavy (non-hydrogen) atoms. The molecular weight excluding hydrogens is 832 g/mol. The van der Waals surface area contributed by atoms with Crippen molar-refractivity contribution in [1.29, 1.82) is 0 Å². The van der Waals surface area contributed by atoms with Gasteiger partial charge in [-0.05, 0) is 82.0 Å². The number of fused-ring (bicyclic) bond motifs is 3. The summed E-state index contributed by atoms with van der Waals surface area (Å²) in [6, 6.07) is 59.4. The maximum Gasteiger partial charge on any atom is 0.165 e. The van der Waals surface area contributed by atoms with Crippen LogP contribution in [0.4, 0.5) is 34.3 Å². The summed E-state index contributed by atoms with van der Waals surface area (Å²) in [5.74, 6) is 0.929. The summed E-state index contributed by atoms with van der Waals surface area (Å²) >= 11 is 0. The first-order valence-electron chi connectivity index (χ1n) is 17.5. The van der Waals surface area contributed by atoms with Crippen LogP contribution in [0.5, 0.6) is 5.75 Å². The van der Waals surface area contributed by atoms with Crippen LogP contribution in [-0.2, 0) is 26.5 Å². The van der Waals surface area contributed by atoms with Gasteiger partial charge in [0.2, 0.25) is 0 Å². The van der Waals surface area contributed by atoms with Gasteiger partial charge in [-0.2, -0.15) is 0 Å². The Hall–Kier alpha value is -6.03. The van der Waals surface area contributed by atoms with Crippen molar-refractivity contribution >= 4 is 45.2 Å². The Morgan fingerprint density at radius 1 is 0.642 bits per heavy atom. The van der Waals surface area contributed by atoms with Crippen molar-refractivity contribution in [2.24, 2.45) is 0 Å². The minimum absolute atomic E-state index is 0. The number of anilines is 6. The fourth-order valence-electron chi connectivity index (χ4n) is 7.44. The van der Waals surface area contributed by atoms with Gasteiger partial charge in [0.25, 0.3) is 0 Å². The Balaban J connectivity index is 0.00000400. The van der Waals surface area contributed by atoms with E-state index in [1.807, 2.05) is 97.2 Å². The van der Waals surface area contributed by atoms with Gasteiger partial charge in [-0.1, -0.05) is 123 Å². The molecule has 0 saturated carbocycles. The molecule has 5 nitrogen and oxygen atoms in total. The summed E-state index contributed by atoms with van der Waals surface area (Å²) in [4.78, 5) is 14.3. The van der Waals surface area contributed by atoms with Gasteiger partial charge in [0.1, 0.15) is 11.3 Å². The Morgan fingerprint density at radius 3 is 2.00 bits per heavy atom. The maximum atomic E-state index is 12.0. The SMILES string of the molecule is CC1(C)c2ccc(-c3ccc4ccc(N(c5ccccc5)c5ccccc5)c(O)c4n3)[c-]c2N(c2cc(-c3ccccc3)ccn2)c2ccccc21.[Pt]. The molecule has 3 heterocycles. The average Bonchev–Trinajstić information content (AvgIpc) is 3.20. The predicted octanol–water partition coefficient (Wildman–Crippen LogP) is 12.0. The van der Waals surface area contributed by atoms with Crippen molar-refractivity contribution in [3.8, 4) is 28.1 Å². The number of hydrogen-bond acceptors (Lipinski definition) is 5. The first kappa shape index (κ1) is 34.1. The molecule has 8 aromatic rings. The first-order chi connectivity index (χ1) is 25.5. The average molecular weight is 867 g/mol. The summed E-state index contributed by atoms with van der Waals surface area (Å²) in [5.41, 5.74) is 10.9. The summed E-state index contributed by atoms with van der Waals surface area (Å²) < 4.78 is 0. The van der Waals surface area contributed by atoms with E-state index in [1.165, 1.54) is 5.56 Å². The van der Waals surface area contributed by atoms with Crippen LogP contribution in [0.25, 0.3) is 33.3 Å². The van der Waals surface area contributed by atoms with Crippen molar-refractivity contribution in [2.75, 3.05) is 9.80 Å². The van der Waals surface area contributed by atoms with Gasteiger partial charge in [-0.3, -0.25) is 4.98 Å². The number of para-hydroxylation sites is 3. The van der Waals surface area contributed by atoms with Gasteiger partial charge in [0.15, 0.2) is 5.75 Å². The van der Waals surface area contributed by atoms with Crippen LogP contribution in [0, 0.1) is 6.07 Å². The number of phenols is 1. The molecule has 0 radical (unpaired) electrons. The molecule has 0 saturated heterocycles. The molecule has 9 rings (SSSR count). The van der Waals surface area contributed by atoms with E-state index in [0.717, 1.165) is 61.9 Å². The van der Waals surface area contributed by atoms with Crippen LogP contribution in [0.1, 0.15) is 25.0 Å². The van der Waals surface area contributed by atoms with E-state index in [9.17, 15) is 5.11 Å². The largest absolute Gasteiger partial charge is 0.504 e. The van der Waals surface area contributed by atoms with E-state index in [0.29, 0.717) is 11.2 Å². The topological polar surface area (TPSA) is 52.5 Å². The Morgan fingerprint density at radius 2 is 1.28 bits per heavy atom. The van der Waals surface area contributed by atoms with E-state index < -0.39 is 0 Å². The van der Waals surface area contributed by atoms with Gasteiger partial charge in [0, 0.05) is 49.7 Å². The van der Waals surface area contributed by atoms with E-state index in [-0.39, 0.29) is 32.2 Å². The molecule has 0 atom stereocenters. The number of benzene rings is 6. The molecule has 1 N–H and O–H groups in total.